The molecule has 0 aliphatic rings. The Morgan fingerprint density at radius 1 is 1.00 bits per heavy atom. The fourth-order valence-corrected chi connectivity index (χ4v) is 2.45. The standard InChI is InChI=1S/C16H14N6/c1-22-5-4-13-16(22)21-15(9-19-13)12-3-2-10-8-18-11(7-17)6-14(10)20-12/h2-6,8-9H,7,17H2,1H3. The molecule has 4 heterocycles. The summed E-state index contributed by atoms with van der Waals surface area (Å²) in [5, 5.41) is 0.980. The van der Waals surface area contributed by atoms with Crippen LogP contribution in [0.3, 0.4) is 0 Å². The number of nitrogens with zero attached hydrogens (tertiary/aromatic N) is 5. The molecular weight excluding hydrogens is 276 g/mol. The largest absolute Gasteiger partial charge is 0.334 e. The zero-order valence-corrected chi connectivity index (χ0v) is 12.1. The van der Waals surface area contributed by atoms with E-state index in [1.54, 1.807) is 12.4 Å². The number of hydrogen-bond acceptors (Lipinski definition) is 5. The Hall–Kier alpha value is -2.86. The monoisotopic (exact) mass is 290 g/mol. The molecule has 0 bridgehead atoms. The lowest BCUT2D eigenvalue weighted by atomic mass is 10.2. The summed E-state index contributed by atoms with van der Waals surface area (Å²) in [6.07, 6.45) is 5.49. The van der Waals surface area contributed by atoms with Crippen molar-refractivity contribution in [1.82, 2.24) is 24.5 Å². The van der Waals surface area contributed by atoms with Crippen molar-refractivity contribution < 1.29 is 0 Å². The lowest BCUT2D eigenvalue weighted by molar-refractivity contribution is 0.946. The summed E-state index contributed by atoms with van der Waals surface area (Å²) >= 11 is 0. The molecule has 0 unspecified atom stereocenters. The Kier molecular flexibility index (Phi) is 2.83. The molecule has 0 saturated heterocycles. The highest BCUT2D eigenvalue weighted by Crippen LogP contribution is 2.21. The lowest BCUT2D eigenvalue weighted by Gasteiger charge is -2.04. The molecule has 22 heavy (non-hydrogen) atoms. The van der Waals surface area contributed by atoms with E-state index in [1.165, 1.54) is 0 Å². The van der Waals surface area contributed by atoms with Crippen molar-refractivity contribution in [2.24, 2.45) is 12.8 Å². The van der Waals surface area contributed by atoms with E-state index in [1.807, 2.05) is 42.1 Å². The van der Waals surface area contributed by atoms with E-state index in [0.29, 0.717) is 6.54 Å². The van der Waals surface area contributed by atoms with Crippen LogP contribution in [0, 0.1) is 0 Å². The van der Waals surface area contributed by atoms with Crippen LogP contribution in [0.5, 0.6) is 0 Å². The van der Waals surface area contributed by atoms with Crippen LogP contribution < -0.4 is 5.73 Å². The van der Waals surface area contributed by atoms with Gasteiger partial charge in [-0.3, -0.25) is 9.97 Å². The normalized spacial score (nSPS) is 11.4. The number of aryl methyl sites for hydroxylation is 1. The van der Waals surface area contributed by atoms with Crippen molar-refractivity contribution in [1.29, 1.82) is 0 Å². The van der Waals surface area contributed by atoms with Crippen molar-refractivity contribution in [3.05, 3.63) is 48.5 Å². The van der Waals surface area contributed by atoms with Crippen molar-refractivity contribution in [2.75, 3.05) is 0 Å². The predicted octanol–water partition coefficient (Wildman–Crippen LogP) is 2.04. The fourth-order valence-electron chi connectivity index (χ4n) is 2.45. The summed E-state index contributed by atoms with van der Waals surface area (Å²) in [4.78, 5) is 18.0. The minimum absolute atomic E-state index is 0.400. The molecule has 6 nitrogen and oxygen atoms in total. The van der Waals surface area contributed by atoms with Gasteiger partial charge in [-0.05, 0) is 24.3 Å². The topological polar surface area (TPSA) is 82.5 Å². The summed E-state index contributed by atoms with van der Waals surface area (Å²) in [5.41, 5.74) is 10.6. The SMILES string of the molecule is Cn1ccc2ncc(-c3ccc4cnc(CN)cc4n3)nc21. The number of nitrogens with two attached hydrogens (primary N) is 1. The van der Waals surface area contributed by atoms with Gasteiger partial charge in [0.2, 0.25) is 0 Å². The zero-order valence-electron chi connectivity index (χ0n) is 12.1. The van der Waals surface area contributed by atoms with E-state index in [4.69, 9.17) is 5.73 Å². The molecule has 0 radical (unpaired) electrons. The maximum absolute atomic E-state index is 5.64. The molecule has 2 N–H and O–H groups in total. The number of rotatable bonds is 2. The van der Waals surface area contributed by atoms with Crippen molar-refractivity contribution >= 4 is 22.1 Å². The molecule has 0 atom stereocenters. The second-order valence-electron chi connectivity index (χ2n) is 5.16. The van der Waals surface area contributed by atoms with Gasteiger partial charge in [0.15, 0.2) is 5.65 Å². The van der Waals surface area contributed by atoms with Gasteiger partial charge in [0, 0.05) is 31.4 Å². The molecule has 6 heteroatoms. The summed E-state index contributed by atoms with van der Waals surface area (Å²) in [5.74, 6) is 0. The predicted molar refractivity (Wildman–Crippen MR) is 84.9 cm³/mol. The number of pyridine rings is 2. The molecule has 4 aromatic rings. The van der Waals surface area contributed by atoms with Gasteiger partial charge >= 0.3 is 0 Å². The maximum atomic E-state index is 5.64. The van der Waals surface area contributed by atoms with Crippen LogP contribution >= 0.6 is 0 Å². The van der Waals surface area contributed by atoms with Crippen LogP contribution in [0.4, 0.5) is 0 Å². The molecule has 108 valence electrons. The second-order valence-corrected chi connectivity index (χ2v) is 5.16. The van der Waals surface area contributed by atoms with Gasteiger partial charge in [0.05, 0.1) is 23.1 Å². The van der Waals surface area contributed by atoms with Crippen molar-refractivity contribution in [2.45, 2.75) is 6.54 Å². The van der Waals surface area contributed by atoms with E-state index >= 15 is 0 Å². The zero-order chi connectivity index (χ0) is 15.1. The summed E-state index contributed by atoms with van der Waals surface area (Å²) in [6.45, 7) is 0.400. The first-order valence-corrected chi connectivity index (χ1v) is 6.99. The smallest absolute Gasteiger partial charge is 0.159 e. The van der Waals surface area contributed by atoms with Gasteiger partial charge in [0.1, 0.15) is 11.2 Å². The maximum Gasteiger partial charge on any atom is 0.159 e. The average molecular weight is 290 g/mol. The van der Waals surface area contributed by atoms with Crippen LogP contribution in [-0.4, -0.2) is 24.5 Å². The molecule has 0 aliphatic carbocycles. The van der Waals surface area contributed by atoms with Gasteiger partial charge in [-0.1, -0.05) is 0 Å². The summed E-state index contributed by atoms with van der Waals surface area (Å²) in [6, 6.07) is 7.78. The van der Waals surface area contributed by atoms with Gasteiger partial charge in [0.25, 0.3) is 0 Å². The quantitative estimate of drug-likeness (QED) is 0.611. The molecular formula is C16H14N6. The van der Waals surface area contributed by atoms with E-state index in [2.05, 4.69) is 19.9 Å². The van der Waals surface area contributed by atoms with Crippen LogP contribution in [0.25, 0.3) is 33.5 Å². The Balaban J connectivity index is 1.89. The van der Waals surface area contributed by atoms with E-state index in [9.17, 15) is 0 Å². The van der Waals surface area contributed by atoms with E-state index < -0.39 is 0 Å². The Bertz CT molecular complexity index is 988. The third-order valence-corrected chi connectivity index (χ3v) is 3.67. The Morgan fingerprint density at radius 2 is 1.91 bits per heavy atom. The first-order valence-electron chi connectivity index (χ1n) is 6.99. The third kappa shape index (κ3) is 2.01. The minimum Gasteiger partial charge on any atom is -0.334 e. The van der Waals surface area contributed by atoms with E-state index in [0.717, 1.165) is 39.1 Å². The summed E-state index contributed by atoms with van der Waals surface area (Å²) in [7, 11) is 1.95. The molecule has 0 aromatic carbocycles. The van der Waals surface area contributed by atoms with Gasteiger partial charge in [-0.15, -0.1) is 0 Å². The van der Waals surface area contributed by atoms with E-state index in [-0.39, 0.29) is 0 Å². The third-order valence-electron chi connectivity index (χ3n) is 3.67. The molecule has 0 amide bonds. The molecule has 0 spiro atoms. The first kappa shape index (κ1) is 12.8. The highest BCUT2D eigenvalue weighted by atomic mass is 15.0. The molecule has 4 aromatic heterocycles. The number of hydrogen-bond donors (Lipinski definition) is 1. The Morgan fingerprint density at radius 3 is 2.77 bits per heavy atom. The van der Waals surface area contributed by atoms with Crippen LogP contribution in [0.15, 0.2) is 42.9 Å². The van der Waals surface area contributed by atoms with Crippen LogP contribution in [-0.2, 0) is 13.6 Å². The van der Waals surface area contributed by atoms with Gasteiger partial charge in [-0.2, -0.15) is 0 Å². The molecule has 0 saturated carbocycles. The van der Waals surface area contributed by atoms with Crippen LogP contribution in [0.2, 0.25) is 0 Å². The molecule has 0 fully saturated rings. The molecule has 0 aliphatic heterocycles. The van der Waals surface area contributed by atoms with Crippen molar-refractivity contribution in [3.8, 4) is 11.4 Å². The second kappa shape index (κ2) is 4.85. The summed E-state index contributed by atoms with van der Waals surface area (Å²) < 4.78 is 1.95. The highest BCUT2D eigenvalue weighted by Gasteiger charge is 2.08. The number of fused-ring (bicyclic) bond motifs is 2. The highest BCUT2D eigenvalue weighted by molar-refractivity contribution is 5.81. The number of aromatic nitrogens is 5. The average Bonchev–Trinajstić information content (AvgIpc) is 2.94. The fraction of sp³-hybridized carbons (Fsp3) is 0.125. The molecule has 4 rings (SSSR count). The lowest BCUT2D eigenvalue weighted by Crippen LogP contribution is -1.99. The van der Waals surface area contributed by atoms with Crippen molar-refractivity contribution in [3.63, 3.8) is 0 Å². The minimum atomic E-state index is 0.400. The first-order chi connectivity index (χ1) is 10.7. The van der Waals surface area contributed by atoms with Gasteiger partial charge < -0.3 is 10.3 Å². The van der Waals surface area contributed by atoms with Crippen LogP contribution in [0.1, 0.15) is 5.69 Å². The van der Waals surface area contributed by atoms with Gasteiger partial charge in [-0.25, -0.2) is 9.97 Å². The Labute approximate surface area is 126 Å².